The average Bonchev–Trinajstić information content (AvgIpc) is 2.65. The molecule has 0 bridgehead atoms. The number of nitrogens with zero attached hydrogens (tertiary/aromatic N) is 2. The quantitative estimate of drug-likeness (QED) is 0.792. The maximum atomic E-state index is 10.5. The predicted octanol–water partition coefficient (Wildman–Crippen LogP) is 2.63. The zero-order valence-electron chi connectivity index (χ0n) is 10.6. The topological polar surface area (TPSA) is 76.2 Å². The molecule has 5 heteroatoms. The van der Waals surface area contributed by atoms with E-state index in [0.29, 0.717) is 18.2 Å². The molecule has 5 nitrogen and oxygen atoms in total. The van der Waals surface area contributed by atoms with E-state index in [1.54, 1.807) is 0 Å². The first-order valence-electron chi connectivity index (χ1n) is 6.07. The average molecular weight is 240 g/mol. The molecule has 2 atom stereocenters. The Labute approximate surface area is 101 Å². The van der Waals surface area contributed by atoms with Gasteiger partial charge in [-0.15, -0.1) is 10.2 Å². The molecule has 1 heterocycles. The maximum Gasteiger partial charge on any atom is 0.303 e. The van der Waals surface area contributed by atoms with Gasteiger partial charge < -0.3 is 9.52 Å². The van der Waals surface area contributed by atoms with Gasteiger partial charge in [-0.05, 0) is 12.3 Å². The Morgan fingerprint density at radius 1 is 1.41 bits per heavy atom. The highest BCUT2D eigenvalue weighted by Gasteiger charge is 2.16. The molecule has 1 aromatic heterocycles. The molecule has 17 heavy (non-hydrogen) atoms. The number of carboxylic acid groups (broad SMARTS) is 1. The van der Waals surface area contributed by atoms with Gasteiger partial charge in [0.1, 0.15) is 0 Å². The van der Waals surface area contributed by atoms with Gasteiger partial charge in [-0.25, -0.2) is 0 Å². The van der Waals surface area contributed by atoms with Gasteiger partial charge in [-0.2, -0.15) is 0 Å². The predicted molar refractivity (Wildman–Crippen MR) is 62.7 cm³/mol. The molecule has 0 fully saturated rings. The number of aromatic nitrogens is 2. The van der Waals surface area contributed by atoms with E-state index in [1.807, 2.05) is 6.92 Å². The van der Waals surface area contributed by atoms with Crippen LogP contribution in [0.1, 0.15) is 57.7 Å². The Balaban J connectivity index is 2.53. The fraction of sp³-hybridized carbons (Fsp3) is 0.750. The van der Waals surface area contributed by atoms with Crippen molar-refractivity contribution in [2.24, 2.45) is 5.92 Å². The van der Waals surface area contributed by atoms with Crippen molar-refractivity contribution in [3.05, 3.63) is 11.8 Å². The first-order chi connectivity index (χ1) is 8.02. The Morgan fingerprint density at radius 2 is 2.12 bits per heavy atom. The van der Waals surface area contributed by atoms with Crippen molar-refractivity contribution in [2.75, 3.05) is 0 Å². The molecule has 0 spiro atoms. The molecule has 1 aromatic rings. The minimum Gasteiger partial charge on any atom is -0.481 e. The molecular weight excluding hydrogens is 220 g/mol. The highest BCUT2D eigenvalue weighted by Crippen LogP contribution is 2.20. The standard InChI is InChI=1S/C12H20N2O3/c1-4-5-9(3)12-14-13-10(17-12)6-8(2)7-11(15)16/h8-9H,4-7H2,1-3H3,(H,15,16). The van der Waals surface area contributed by atoms with E-state index in [0.717, 1.165) is 12.8 Å². The molecule has 0 aliphatic heterocycles. The molecule has 0 saturated heterocycles. The number of aliphatic carboxylic acids is 1. The Bertz CT molecular complexity index is 362. The lowest BCUT2D eigenvalue weighted by Crippen LogP contribution is -2.07. The minimum atomic E-state index is -0.795. The van der Waals surface area contributed by atoms with E-state index < -0.39 is 5.97 Å². The van der Waals surface area contributed by atoms with Crippen LogP contribution in [0.25, 0.3) is 0 Å². The van der Waals surface area contributed by atoms with Crippen molar-refractivity contribution in [3.8, 4) is 0 Å². The number of hydrogen-bond acceptors (Lipinski definition) is 4. The van der Waals surface area contributed by atoms with Crippen molar-refractivity contribution in [1.29, 1.82) is 0 Å². The van der Waals surface area contributed by atoms with Crippen LogP contribution in [-0.2, 0) is 11.2 Å². The van der Waals surface area contributed by atoms with Gasteiger partial charge in [0.25, 0.3) is 0 Å². The van der Waals surface area contributed by atoms with E-state index in [-0.39, 0.29) is 18.3 Å². The molecule has 1 rings (SSSR count). The monoisotopic (exact) mass is 240 g/mol. The van der Waals surface area contributed by atoms with Crippen molar-refractivity contribution in [2.45, 2.75) is 52.4 Å². The summed E-state index contributed by atoms with van der Waals surface area (Å²) in [5, 5.41) is 16.6. The van der Waals surface area contributed by atoms with Crippen molar-refractivity contribution >= 4 is 5.97 Å². The van der Waals surface area contributed by atoms with Gasteiger partial charge in [0.15, 0.2) is 0 Å². The van der Waals surface area contributed by atoms with Gasteiger partial charge in [-0.3, -0.25) is 4.79 Å². The highest BCUT2D eigenvalue weighted by atomic mass is 16.4. The second kappa shape index (κ2) is 6.37. The van der Waals surface area contributed by atoms with Gasteiger partial charge in [-0.1, -0.05) is 27.2 Å². The molecule has 0 amide bonds. The normalized spacial score (nSPS) is 14.5. The second-order valence-corrected chi connectivity index (χ2v) is 4.63. The van der Waals surface area contributed by atoms with Gasteiger partial charge in [0.05, 0.1) is 0 Å². The molecule has 0 aliphatic carbocycles. The summed E-state index contributed by atoms with van der Waals surface area (Å²) in [6, 6.07) is 0. The summed E-state index contributed by atoms with van der Waals surface area (Å²) in [6.07, 6.45) is 2.75. The van der Waals surface area contributed by atoms with Crippen LogP contribution >= 0.6 is 0 Å². The third kappa shape index (κ3) is 4.54. The molecule has 1 N–H and O–H groups in total. The van der Waals surface area contributed by atoms with E-state index >= 15 is 0 Å². The SMILES string of the molecule is CCCC(C)c1nnc(CC(C)CC(=O)O)o1. The van der Waals surface area contributed by atoms with E-state index in [9.17, 15) is 4.79 Å². The van der Waals surface area contributed by atoms with Crippen LogP contribution in [0.3, 0.4) is 0 Å². The number of hydrogen-bond donors (Lipinski definition) is 1. The fourth-order valence-electron chi connectivity index (χ4n) is 1.77. The third-order valence-corrected chi connectivity index (χ3v) is 2.67. The van der Waals surface area contributed by atoms with Crippen molar-refractivity contribution in [3.63, 3.8) is 0 Å². The Hall–Kier alpha value is -1.39. The zero-order valence-corrected chi connectivity index (χ0v) is 10.6. The Morgan fingerprint density at radius 3 is 2.71 bits per heavy atom. The summed E-state index contributed by atoms with van der Waals surface area (Å²) < 4.78 is 5.54. The maximum absolute atomic E-state index is 10.5. The summed E-state index contributed by atoms with van der Waals surface area (Å²) in [5.74, 6) is 0.691. The summed E-state index contributed by atoms with van der Waals surface area (Å²) in [5.41, 5.74) is 0. The van der Waals surface area contributed by atoms with E-state index in [4.69, 9.17) is 9.52 Å². The van der Waals surface area contributed by atoms with Crippen LogP contribution < -0.4 is 0 Å². The zero-order chi connectivity index (χ0) is 12.8. The van der Waals surface area contributed by atoms with Crippen LogP contribution in [0.2, 0.25) is 0 Å². The van der Waals surface area contributed by atoms with Gasteiger partial charge in [0, 0.05) is 18.8 Å². The fourth-order valence-corrected chi connectivity index (χ4v) is 1.77. The van der Waals surface area contributed by atoms with Crippen LogP contribution in [0, 0.1) is 5.92 Å². The second-order valence-electron chi connectivity index (χ2n) is 4.63. The van der Waals surface area contributed by atoms with Crippen LogP contribution in [0.5, 0.6) is 0 Å². The lowest BCUT2D eigenvalue weighted by molar-refractivity contribution is -0.137. The van der Waals surface area contributed by atoms with Crippen LogP contribution in [0.15, 0.2) is 4.42 Å². The molecule has 0 aliphatic rings. The van der Waals surface area contributed by atoms with Crippen LogP contribution in [0.4, 0.5) is 0 Å². The van der Waals surface area contributed by atoms with Crippen LogP contribution in [-0.4, -0.2) is 21.3 Å². The number of carboxylic acids is 1. The van der Waals surface area contributed by atoms with E-state index in [1.165, 1.54) is 0 Å². The smallest absolute Gasteiger partial charge is 0.303 e. The van der Waals surface area contributed by atoms with Gasteiger partial charge in [0.2, 0.25) is 11.8 Å². The summed E-state index contributed by atoms with van der Waals surface area (Å²) >= 11 is 0. The third-order valence-electron chi connectivity index (χ3n) is 2.67. The van der Waals surface area contributed by atoms with Crippen molar-refractivity contribution in [1.82, 2.24) is 10.2 Å². The van der Waals surface area contributed by atoms with Gasteiger partial charge >= 0.3 is 5.97 Å². The van der Waals surface area contributed by atoms with Crippen molar-refractivity contribution < 1.29 is 14.3 Å². The minimum absolute atomic E-state index is 0.0160. The summed E-state index contributed by atoms with van der Waals surface area (Å²) in [4.78, 5) is 10.5. The molecule has 0 radical (unpaired) electrons. The largest absolute Gasteiger partial charge is 0.481 e. The first-order valence-corrected chi connectivity index (χ1v) is 6.07. The lowest BCUT2D eigenvalue weighted by atomic mass is 10.0. The lowest BCUT2D eigenvalue weighted by Gasteiger charge is -2.05. The Kier molecular flexibility index (Phi) is 5.12. The summed E-state index contributed by atoms with van der Waals surface area (Å²) in [7, 11) is 0. The molecule has 0 saturated carbocycles. The number of rotatable bonds is 7. The molecule has 2 unspecified atom stereocenters. The molecular formula is C12H20N2O3. The highest BCUT2D eigenvalue weighted by molar-refractivity contribution is 5.66. The number of carbonyl (C=O) groups is 1. The molecule has 96 valence electrons. The van der Waals surface area contributed by atoms with E-state index in [2.05, 4.69) is 24.0 Å². The summed E-state index contributed by atoms with van der Waals surface area (Å²) in [6.45, 7) is 6.04. The molecule has 0 aromatic carbocycles. The first kappa shape index (κ1) is 13.7.